The van der Waals surface area contributed by atoms with Gasteiger partial charge in [-0.1, -0.05) is 0 Å². The van der Waals surface area contributed by atoms with Crippen LogP contribution in [0.5, 0.6) is 0 Å². The van der Waals surface area contributed by atoms with Crippen molar-refractivity contribution in [2.75, 3.05) is 0 Å². The summed E-state index contributed by atoms with van der Waals surface area (Å²) in [6.45, 7) is 0. The molecule has 0 aliphatic heterocycles. The van der Waals surface area contributed by atoms with Gasteiger partial charge in [0.05, 0.1) is 0 Å². The molecule has 0 aromatic heterocycles. The third-order valence-electron chi connectivity index (χ3n) is 0. The maximum Gasteiger partial charge on any atom is 3.00 e. The van der Waals surface area contributed by atoms with E-state index < -0.39 is 0 Å². The van der Waals surface area contributed by atoms with E-state index in [0.717, 1.165) is 0 Å². The Hall–Kier alpha value is 0.292. The summed E-state index contributed by atoms with van der Waals surface area (Å²) in [5.41, 5.74) is 0. The largest absolute Gasteiger partial charge is 3.00 e. The van der Waals surface area contributed by atoms with Gasteiger partial charge >= 0.3 is 17.4 Å². The zero-order chi connectivity index (χ0) is 0. The Bertz CT molecular complexity index is 4.14. The van der Waals surface area contributed by atoms with Gasteiger partial charge < -0.3 is 36.9 Å². The fourth-order valence-electron chi connectivity index (χ4n) is 0. The van der Waals surface area contributed by atoms with E-state index in [0.29, 0.717) is 0 Å². The van der Waals surface area contributed by atoms with E-state index in [9.17, 15) is 0 Å². The Kier molecular flexibility index (Phi) is 994000. The molecule has 0 aromatic rings. The molecule has 0 atom stereocenters. The van der Waals surface area contributed by atoms with Crippen molar-refractivity contribution in [3.8, 4) is 0 Å². The van der Waals surface area contributed by atoms with Crippen LogP contribution in [-0.2, 0) is 17.4 Å². The van der Waals surface area contributed by atoms with E-state index in [1.165, 1.54) is 0 Å². The van der Waals surface area contributed by atoms with Crippen molar-refractivity contribution >= 4 is 0 Å². The summed E-state index contributed by atoms with van der Waals surface area (Å²) in [7, 11) is 0. The molecule has 0 spiro atoms. The number of hydrogen-bond donors (Lipinski definition) is 0. The zero-order valence-corrected chi connectivity index (χ0v) is 5.15. The van der Waals surface area contributed by atoms with Crippen molar-refractivity contribution in [1.82, 2.24) is 0 Å². The SMILES string of the molecule is [Cr+3].[NH2-].[NH2-].[NH2-].[NH2-].[NH2-].[NH2-]. The Morgan fingerprint density at radius 3 is 0.286 bits per heavy atom. The van der Waals surface area contributed by atoms with Crippen LogP contribution < -0.4 is 0 Å². The summed E-state index contributed by atoms with van der Waals surface area (Å²) in [4.78, 5) is 0. The molecule has 0 unspecified atom stereocenters. The molecular weight excluding hydrogens is 136 g/mol. The Labute approximate surface area is 55.1 Å². The van der Waals surface area contributed by atoms with Crippen LogP contribution >= 0.6 is 0 Å². The summed E-state index contributed by atoms with van der Waals surface area (Å²) in [5.74, 6) is 0. The second-order valence-corrected chi connectivity index (χ2v) is 0. The maximum atomic E-state index is 0. The quantitative estimate of drug-likeness (QED) is 0.471. The topological polar surface area (TPSA) is 201 Å². The van der Waals surface area contributed by atoms with E-state index in [4.69, 9.17) is 0 Å². The Balaban J connectivity index is 0. The summed E-state index contributed by atoms with van der Waals surface area (Å²) >= 11 is 0. The van der Waals surface area contributed by atoms with Crippen molar-refractivity contribution in [2.45, 2.75) is 0 Å². The fourth-order valence-corrected chi connectivity index (χ4v) is 0. The molecule has 12 N–H and O–H groups in total. The monoisotopic (exact) mass is 148 g/mol. The molecule has 51 valence electrons. The first-order valence-corrected chi connectivity index (χ1v) is 0. The van der Waals surface area contributed by atoms with E-state index in [2.05, 4.69) is 0 Å². The van der Waals surface area contributed by atoms with E-state index >= 15 is 0 Å². The van der Waals surface area contributed by atoms with Gasteiger partial charge in [-0.2, -0.15) is 0 Å². The smallest absolute Gasteiger partial charge is 0.693 e. The minimum Gasteiger partial charge on any atom is -0.693 e. The molecule has 0 aliphatic rings. The van der Waals surface area contributed by atoms with Crippen molar-refractivity contribution < 1.29 is 17.4 Å². The van der Waals surface area contributed by atoms with Crippen LogP contribution in [-0.4, -0.2) is 0 Å². The number of nitrogens with two attached hydrogens (primary N) is 6. The first-order chi connectivity index (χ1) is 0. The van der Waals surface area contributed by atoms with Crippen LogP contribution in [0, 0.1) is 0 Å². The third kappa shape index (κ3) is 1360. The third-order valence-corrected chi connectivity index (χ3v) is 0. The average Bonchev–Trinajstić information content (AvgIpc) is 0. The summed E-state index contributed by atoms with van der Waals surface area (Å²) < 4.78 is 0. The molecule has 1 radical (unpaired) electrons. The van der Waals surface area contributed by atoms with E-state index in [-0.39, 0.29) is 54.3 Å². The van der Waals surface area contributed by atoms with Crippen LogP contribution in [0.2, 0.25) is 0 Å². The van der Waals surface area contributed by atoms with Crippen molar-refractivity contribution in [1.29, 1.82) is 0 Å². The molecule has 7 heavy (non-hydrogen) atoms. The molecule has 0 rings (SSSR count). The molecule has 0 aliphatic carbocycles. The molecule has 0 saturated heterocycles. The van der Waals surface area contributed by atoms with Gasteiger partial charge in [0, 0.05) is 0 Å². The van der Waals surface area contributed by atoms with Crippen LogP contribution in [0.3, 0.4) is 0 Å². The standard InChI is InChI=1S/Cr.6H2N/h;6*1H2/q+3;6*-1. The summed E-state index contributed by atoms with van der Waals surface area (Å²) in [6.07, 6.45) is 0. The summed E-state index contributed by atoms with van der Waals surface area (Å²) in [5, 5.41) is 0. The Morgan fingerprint density at radius 1 is 0.286 bits per heavy atom. The first-order valence-electron chi connectivity index (χ1n) is 0. The van der Waals surface area contributed by atoms with Gasteiger partial charge in [0.1, 0.15) is 0 Å². The van der Waals surface area contributed by atoms with Crippen LogP contribution in [0.15, 0.2) is 0 Å². The molecule has 0 fully saturated rings. The second kappa shape index (κ2) is 2060. The molecule has 0 heterocycles. The van der Waals surface area contributed by atoms with Crippen molar-refractivity contribution in [3.63, 3.8) is 0 Å². The first kappa shape index (κ1) is 3380. The van der Waals surface area contributed by atoms with Gasteiger partial charge in [-0.3, -0.25) is 0 Å². The van der Waals surface area contributed by atoms with Gasteiger partial charge in [-0.25, -0.2) is 0 Å². The molecule has 0 aromatic carbocycles. The molecule has 0 bridgehead atoms. The molecule has 0 amide bonds. The molecular formula is H12CrN6-3. The van der Waals surface area contributed by atoms with E-state index in [1.54, 1.807) is 0 Å². The number of rotatable bonds is 0. The van der Waals surface area contributed by atoms with Crippen molar-refractivity contribution in [2.24, 2.45) is 0 Å². The zero-order valence-electron chi connectivity index (χ0n) is 3.87. The van der Waals surface area contributed by atoms with Gasteiger partial charge in [0.25, 0.3) is 0 Å². The number of hydrogen-bond acceptors (Lipinski definition) is 0. The summed E-state index contributed by atoms with van der Waals surface area (Å²) in [6, 6.07) is 0. The minimum atomic E-state index is 0. The van der Waals surface area contributed by atoms with Crippen LogP contribution in [0.4, 0.5) is 0 Å². The minimum absolute atomic E-state index is 0. The second-order valence-electron chi connectivity index (χ2n) is 0. The fraction of sp³-hybridized carbons (Fsp3) is 0. The molecule has 6 nitrogen and oxygen atoms in total. The Morgan fingerprint density at radius 2 is 0.286 bits per heavy atom. The van der Waals surface area contributed by atoms with Gasteiger partial charge in [0.15, 0.2) is 0 Å². The van der Waals surface area contributed by atoms with Gasteiger partial charge in [-0.15, -0.1) is 0 Å². The molecule has 7 heteroatoms. The predicted octanol–water partition coefficient (Wildman–Crippen LogP) is 4.30. The van der Waals surface area contributed by atoms with E-state index in [1.807, 2.05) is 0 Å². The normalized spacial score (nSPS) is 0. The maximum absolute atomic E-state index is 0. The average molecular weight is 148 g/mol. The van der Waals surface area contributed by atoms with Gasteiger partial charge in [-0.05, 0) is 0 Å². The van der Waals surface area contributed by atoms with Crippen LogP contribution in [0.25, 0.3) is 36.9 Å². The predicted molar refractivity (Wildman–Crippen MR) is 31.7 cm³/mol. The van der Waals surface area contributed by atoms with Crippen molar-refractivity contribution in [3.05, 3.63) is 36.9 Å². The molecule has 0 saturated carbocycles. The van der Waals surface area contributed by atoms with Crippen LogP contribution in [0.1, 0.15) is 0 Å². The van der Waals surface area contributed by atoms with Gasteiger partial charge in [0.2, 0.25) is 0 Å².